The molecule has 0 aliphatic rings. The Labute approximate surface area is 108 Å². The van der Waals surface area contributed by atoms with E-state index in [0.29, 0.717) is 5.92 Å². The number of nitrogens with zero attached hydrogens (tertiary/aromatic N) is 1. The molecule has 1 aromatic rings. The molecular formula is C14H21N3O. The molecule has 1 rings (SSSR count). The predicted molar refractivity (Wildman–Crippen MR) is 74.7 cm³/mol. The van der Waals surface area contributed by atoms with Gasteiger partial charge in [0.1, 0.15) is 0 Å². The smallest absolute Gasteiger partial charge is 0.332 e. The van der Waals surface area contributed by atoms with Crippen molar-refractivity contribution in [1.82, 2.24) is 5.43 Å². The Balaban J connectivity index is 2.45. The Kier molecular flexibility index (Phi) is 5.36. The van der Waals surface area contributed by atoms with Crippen LogP contribution in [0.1, 0.15) is 43.7 Å². The lowest BCUT2D eigenvalue weighted by Crippen LogP contribution is -2.25. The minimum atomic E-state index is -0.624. The molecule has 0 saturated carbocycles. The van der Waals surface area contributed by atoms with Gasteiger partial charge in [0.15, 0.2) is 0 Å². The van der Waals surface area contributed by atoms with Gasteiger partial charge in [-0.3, -0.25) is 0 Å². The van der Waals surface area contributed by atoms with Crippen molar-refractivity contribution >= 4 is 11.7 Å². The molecule has 0 spiro atoms. The van der Waals surface area contributed by atoms with Gasteiger partial charge in [-0.05, 0) is 38.2 Å². The van der Waals surface area contributed by atoms with Crippen LogP contribution in [0, 0.1) is 6.92 Å². The van der Waals surface area contributed by atoms with Gasteiger partial charge in [-0.25, -0.2) is 10.2 Å². The zero-order valence-corrected chi connectivity index (χ0v) is 11.2. The van der Waals surface area contributed by atoms with Gasteiger partial charge in [0, 0.05) is 5.71 Å². The maximum Gasteiger partial charge on any atom is 0.332 e. The number of nitrogens with two attached hydrogens (primary N) is 1. The van der Waals surface area contributed by atoms with Gasteiger partial charge in [0.2, 0.25) is 0 Å². The molecule has 0 saturated heterocycles. The minimum absolute atomic E-state index is 0.476. The van der Waals surface area contributed by atoms with E-state index in [4.69, 9.17) is 5.73 Å². The van der Waals surface area contributed by atoms with Gasteiger partial charge >= 0.3 is 6.03 Å². The lowest BCUT2D eigenvalue weighted by Gasteiger charge is -2.11. The van der Waals surface area contributed by atoms with Crippen molar-refractivity contribution < 1.29 is 4.79 Å². The number of hydrogen-bond acceptors (Lipinski definition) is 2. The molecule has 0 heterocycles. The zero-order valence-electron chi connectivity index (χ0n) is 11.2. The van der Waals surface area contributed by atoms with Crippen LogP contribution >= 0.6 is 0 Å². The molecule has 0 aliphatic carbocycles. The average molecular weight is 247 g/mol. The number of carbonyl (C=O) groups excluding carboxylic acids is 1. The molecule has 4 nitrogen and oxygen atoms in total. The molecule has 1 aromatic carbocycles. The molecule has 4 heteroatoms. The van der Waals surface area contributed by atoms with Gasteiger partial charge in [-0.1, -0.05) is 36.8 Å². The third-order valence-corrected chi connectivity index (χ3v) is 2.94. The van der Waals surface area contributed by atoms with Gasteiger partial charge in [0.05, 0.1) is 0 Å². The summed E-state index contributed by atoms with van der Waals surface area (Å²) in [7, 11) is 0. The van der Waals surface area contributed by atoms with Crippen molar-refractivity contribution in [2.45, 2.75) is 39.5 Å². The molecule has 0 radical (unpaired) electrons. The third kappa shape index (κ3) is 4.99. The minimum Gasteiger partial charge on any atom is -0.350 e. The van der Waals surface area contributed by atoms with Crippen molar-refractivity contribution in [3.8, 4) is 0 Å². The number of amides is 2. The van der Waals surface area contributed by atoms with Crippen molar-refractivity contribution in [3.63, 3.8) is 0 Å². The monoisotopic (exact) mass is 247 g/mol. The highest BCUT2D eigenvalue weighted by Gasteiger charge is 2.06. The van der Waals surface area contributed by atoms with E-state index in [0.717, 1.165) is 18.6 Å². The molecular weight excluding hydrogens is 226 g/mol. The van der Waals surface area contributed by atoms with E-state index < -0.39 is 6.03 Å². The third-order valence-electron chi connectivity index (χ3n) is 2.94. The Bertz CT molecular complexity index is 423. The van der Waals surface area contributed by atoms with Crippen LogP contribution in [0.3, 0.4) is 0 Å². The highest BCUT2D eigenvalue weighted by Crippen LogP contribution is 2.21. The molecule has 0 fully saturated rings. The van der Waals surface area contributed by atoms with E-state index >= 15 is 0 Å². The van der Waals surface area contributed by atoms with Crippen LogP contribution in [0.5, 0.6) is 0 Å². The first-order valence-corrected chi connectivity index (χ1v) is 6.14. The van der Waals surface area contributed by atoms with E-state index in [2.05, 4.69) is 48.6 Å². The van der Waals surface area contributed by atoms with Crippen LogP contribution in [0.25, 0.3) is 0 Å². The van der Waals surface area contributed by atoms with Gasteiger partial charge in [0.25, 0.3) is 0 Å². The lowest BCUT2D eigenvalue weighted by molar-refractivity contribution is 0.249. The number of hydrazone groups is 1. The summed E-state index contributed by atoms with van der Waals surface area (Å²) >= 11 is 0. The van der Waals surface area contributed by atoms with Gasteiger partial charge in [-0.2, -0.15) is 5.10 Å². The second kappa shape index (κ2) is 6.79. The quantitative estimate of drug-likeness (QED) is 0.609. The van der Waals surface area contributed by atoms with E-state index in [1.54, 1.807) is 0 Å². The van der Waals surface area contributed by atoms with Crippen molar-refractivity contribution in [2.75, 3.05) is 0 Å². The van der Waals surface area contributed by atoms with Crippen LogP contribution in [0.2, 0.25) is 0 Å². The van der Waals surface area contributed by atoms with Gasteiger partial charge in [-0.15, -0.1) is 0 Å². The predicted octanol–water partition coefficient (Wildman–Crippen LogP) is 2.92. The van der Waals surface area contributed by atoms with E-state index in [9.17, 15) is 4.79 Å². The van der Waals surface area contributed by atoms with Crippen LogP contribution in [0.4, 0.5) is 4.79 Å². The summed E-state index contributed by atoms with van der Waals surface area (Å²) in [5, 5.41) is 3.90. The maximum atomic E-state index is 10.5. The molecule has 1 atom stereocenters. The first-order chi connectivity index (χ1) is 8.49. The first kappa shape index (κ1) is 14.2. The number of aryl methyl sites for hydroxylation is 1. The van der Waals surface area contributed by atoms with Crippen LogP contribution in [0.15, 0.2) is 29.4 Å². The van der Waals surface area contributed by atoms with Crippen molar-refractivity contribution in [2.24, 2.45) is 10.8 Å². The van der Waals surface area contributed by atoms with E-state index in [1.165, 1.54) is 11.1 Å². The summed E-state index contributed by atoms with van der Waals surface area (Å²) in [6.45, 7) is 6.16. The zero-order chi connectivity index (χ0) is 13.5. The molecule has 2 amide bonds. The molecule has 3 N–H and O–H groups in total. The number of primary amides is 1. The van der Waals surface area contributed by atoms with E-state index in [-0.39, 0.29) is 0 Å². The van der Waals surface area contributed by atoms with Crippen molar-refractivity contribution in [1.29, 1.82) is 0 Å². The number of urea groups is 1. The Morgan fingerprint density at radius 2 is 2.00 bits per heavy atom. The Morgan fingerprint density at radius 3 is 2.56 bits per heavy atom. The lowest BCUT2D eigenvalue weighted by atomic mass is 9.94. The largest absolute Gasteiger partial charge is 0.350 e. The average Bonchev–Trinajstić information content (AvgIpc) is 2.34. The fourth-order valence-corrected chi connectivity index (χ4v) is 1.69. The first-order valence-electron chi connectivity index (χ1n) is 6.14. The molecule has 18 heavy (non-hydrogen) atoms. The topological polar surface area (TPSA) is 67.5 Å². The van der Waals surface area contributed by atoms with Crippen molar-refractivity contribution in [3.05, 3.63) is 35.4 Å². The van der Waals surface area contributed by atoms with E-state index in [1.807, 2.05) is 6.92 Å². The second-order valence-corrected chi connectivity index (χ2v) is 4.67. The second-order valence-electron chi connectivity index (χ2n) is 4.67. The number of rotatable bonds is 5. The fourth-order valence-electron chi connectivity index (χ4n) is 1.69. The summed E-state index contributed by atoms with van der Waals surface area (Å²) in [6, 6.07) is 7.95. The highest BCUT2D eigenvalue weighted by molar-refractivity contribution is 5.83. The van der Waals surface area contributed by atoms with Crippen LogP contribution < -0.4 is 11.2 Å². The van der Waals surface area contributed by atoms with Crippen LogP contribution in [-0.2, 0) is 0 Å². The summed E-state index contributed by atoms with van der Waals surface area (Å²) in [4.78, 5) is 10.5. The summed E-state index contributed by atoms with van der Waals surface area (Å²) in [6.07, 6.45) is 1.84. The Hall–Kier alpha value is -1.84. The number of carbonyl (C=O) groups is 1. The summed E-state index contributed by atoms with van der Waals surface area (Å²) in [5.41, 5.74) is 10.7. The Morgan fingerprint density at radius 1 is 1.39 bits per heavy atom. The molecule has 0 bridgehead atoms. The van der Waals surface area contributed by atoms with Crippen LogP contribution in [-0.4, -0.2) is 11.7 Å². The fraction of sp³-hybridized carbons (Fsp3) is 0.429. The molecule has 0 aromatic heterocycles. The summed E-state index contributed by atoms with van der Waals surface area (Å²) < 4.78 is 0. The molecule has 98 valence electrons. The normalized spacial score (nSPS) is 13.2. The molecule has 0 aliphatic heterocycles. The maximum absolute atomic E-state index is 10.5. The SMILES string of the molecule is CC(CCC(C)c1ccc(C)cc1)=NNC(N)=O. The number of nitrogens with one attached hydrogen (secondary N) is 1. The standard InChI is InChI=1S/C14H21N3O/c1-10-4-8-13(9-5-10)11(2)6-7-12(3)16-17-14(15)18/h4-5,8-9,11H,6-7H2,1-3H3,(H3,15,17,18). The summed E-state index contributed by atoms with van der Waals surface area (Å²) in [5.74, 6) is 0.476. The number of benzene rings is 1. The number of hydrogen-bond donors (Lipinski definition) is 2. The van der Waals surface area contributed by atoms with Gasteiger partial charge < -0.3 is 5.73 Å². The molecule has 1 unspecified atom stereocenters. The highest BCUT2D eigenvalue weighted by atomic mass is 16.2.